The monoisotopic (exact) mass is 328 g/mol. The Bertz CT molecular complexity index is 787. The molecule has 0 bridgehead atoms. The van der Waals surface area contributed by atoms with E-state index in [-0.39, 0.29) is 11.7 Å². The molecule has 0 unspecified atom stereocenters. The van der Waals surface area contributed by atoms with Crippen LogP contribution in [0.15, 0.2) is 43.0 Å². The van der Waals surface area contributed by atoms with Crippen molar-refractivity contribution in [1.29, 1.82) is 0 Å². The zero-order chi connectivity index (χ0) is 16.4. The molecule has 0 aromatic heterocycles. The van der Waals surface area contributed by atoms with Crippen molar-refractivity contribution < 1.29 is 9.90 Å². The number of benzene rings is 2. The fourth-order valence-electron chi connectivity index (χ4n) is 2.72. The Morgan fingerprint density at radius 1 is 1.26 bits per heavy atom. The molecule has 5 heteroatoms. The zero-order valence-electron chi connectivity index (χ0n) is 12.5. The van der Waals surface area contributed by atoms with E-state index in [0.29, 0.717) is 29.2 Å². The van der Waals surface area contributed by atoms with Gasteiger partial charge in [0.1, 0.15) is 5.75 Å². The summed E-state index contributed by atoms with van der Waals surface area (Å²) in [5.74, 6) is 0.131. The highest BCUT2D eigenvalue weighted by Crippen LogP contribution is 2.29. The smallest absolute Gasteiger partial charge is 0.258 e. The number of aryl methyl sites for hydroxylation is 1. The second kappa shape index (κ2) is 6.34. The van der Waals surface area contributed by atoms with Crippen molar-refractivity contribution in [3.05, 3.63) is 64.7 Å². The highest BCUT2D eigenvalue weighted by atomic mass is 35.5. The second-order valence-electron chi connectivity index (χ2n) is 5.46. The minimum absolute atomic E-state index is 0.124. The first kappa shape index (κ1) is 15.4. The lowest BCUT2D eigenvalue weighted by Gasteiger charge is -2.10. The number of fused-ring (bicyclic) bond motifs is 1. The van der Waals surface area contributed by atoms with Gasteiger partial charge in [0.05, 0.1) is 5.56 Å². The third-order valence-corrected chi connectivity index (χ3v) is 4.10. The average molecular weight is 329 g/mol. The summed E-state index contributed by atoms with van der Waals surface area (Å²) in [6.07, 6.45) is 1.51. The number of hydrogen-bond donors (Lipinski definition) is 3. The fourth-order valence-corrected chi connectivity index (χ4v) is 2.91. The van der Waals surface area contributed by atoms with E-state index < -0.39 is 0 Å². The van der Waals surface area contributed by atoms with Crippen LogP contribution < -0.4 is 10.6 Å². The lowest BCUT2D eigenvalue weighted by Crippen LogP contribution is -2.14. The van der Waals surface area contributed by atoms with Crippen LogP contribution in [0.2, 0.25) is 5.02 Å². The van der Waals surface area contributed by atoms with E-state index in [1.165, 1.54) is 0 Å². The number of rotatable bonds is 5. The number of phenolic OH excluding ortho intramolecular Hbond substituents is 1. The van der Waals surface area contributed by atoms with Gasteiger partial charge in [-0.2, -0.15) is 0 Å². The molecule has 0 atom stereocenters. The summed E-state index contributed by atoms with van der Waals surface area (Å²) in [4.78, 5) is 12.0. The van der Waals surface area contributed by atoms with E-state index in [4.69, 9.17) is 11.6 Å². The Labute approximate surface area is 139 Å². The standard InChI is InChI=1S/C18H17ClN2O2/c1-11-14-5-2-6-15(17(14)18(23)21-11)20-9-3-4-12-10-13(19)7-8-16(12)22/h2,5-8,10,20,22H,1,3-4,9H2,(H,21,23). The Balaban J connectivity index is 1.63. The molecule has 2 aromatic rings. The number of halogens is 1. The molecule has 0 radical (unpaired) electrons. The van der Waals surface area contributed by atoms with Gasteiger partial charge in [-0.15, -0.1) is 0 Å². The summed E-state index contributed by atoms with van der Waals surface area (Å²) in [6, 6.07) is 10.7. The van der Waals surface area contributed by atoms with Crippen molar-refractivity contribution in [2.75, 3.05) is 11.9 Å². The van der Waals surface area contributed by atoms with Crippen LogP contribution in [-0.2, 0) is 6.42 Å². The molecule has 118 valence electrons. The van der Waals surface area contributed by atoms with Gasteiger partial charge in [-0.25, -0.2) is 0 Å². The number of aromatic hydroxyl groups is 1. The first-order chi connectivity index (χ1) is 11.1. The topological polar surface area (TPSA) is 61.4 Å². The van der Waals surface area contributed by atoms with E-state index >= 15 is 0 Å². The Morgan fingerprint density at radius 3 is 2.91 bits per heavy atom. The van der Waals surface area contributed by atoms with Crippen molar-refractivity contribution in [3.8, 4) is 5.75 Å². The van der Waals surface area contributed by atoms with Crippen molar-refractivity contribution in [2.24, 2.45) is 0 Å². The quantitative estimate of drug-likeness (QED) is 0.731. The first-order valence-electron chi connectivity index (χ1n) is 7.41. The molecule has 0 saturated heterocycles. The highest BCUT2D eigenvalue weighted by molar-refractivity contribution is 6.30. The molecule has 4 nitrogen and oxygen atoms in total. The molecular formula is C18H17ClN2O2. The molecule has 2 aromatic carbocycles. The van der Waals surface area contributed by atoms with Gasteiger partial charge in [0.2, 0.25) is 0 Å². The van der Waals surface area contributed by atoms with Gasteiger partial charge in [-0.05, 0) is 42.7 Å². The molecule has 0 spiro atoms. The van der Waals surface area contributed by atoms with Crippen LogP contribution in [0.3, 0.4) is 0 Å². The number of hydrogen-bond acceptors (Lipinski definition) is 3. The van der Waals surface area contributed by atoms with Crippen molar-refractivity contribution >= 4 is 28.9 Å². The van der Waals surface area contributed by atoms with E-state index in [2.05, 4.69) is 17.2 Å². The average Bonchev–Trinajstić information content (AvgIpc) is 2.82. The van der Waals surface area contributed by atoms with E-state index in [0.717, 1.165) is 23.2 Å². The first-order valence-corrected chi connectivity index (χ1v) is 7.79. The summed E-state index contributed by atoms with van der Waals surface area (Å²) in [5, 5.41) is 16.4. The molecule has 3 N–H and O–H groups in total. The van der Waals surface area contributed by atoms with Crippen LogP contribution in [0.1, 0.15) is 27.9 Å². The third kappa shape index (κ3) is 3.17. The highest BCUT2D eigenvalue weighted by Gasteiger charge is 2.24. The van der Waals surface area contributed by atoms with Crippen molar-refractivity contribution in [3.63, 3.8) is 0 Å². The lowest BCUT2D eigenvalue weighted by atomic mass is 10.1. The number of anilines is 1. The molecule has 0 aliphatic carbocycles. The van der Waals surface area contributed by atoms with E-state index in [9.17, 15) is 9.90 Å². The van der Waals surface area contributed by atoms with Gasteiger partial charge in [0.25, 0.3) is 5.91 Å². The largest absolute Gasteiger partial charge is 0.508 e. The third-order valence-electron chi connectivity index (χ3n) is 3.86. The number of nitrogens with one attached hydrogen (secondary N) is 2. The van der Waals surface area contributed by atoms with Crippen molar-refractivity contribution in [1.82, 2.24) is 5.32 Å². The van der Waals surface area contributed by atoms with Gasteiger partial charge in [-0.3, -0.25) is 4.79 Å². The predicted molar refractivity (Wildman–Crippen MR) is 92.9 cm³/mol. The van der Waals surface area contributed by atoms with Gasteiger partial charge in [-0.1, -0.05) is 30.3 Å². The summed E-state index contributed by atoms with van der Waals surface area (Å²) >= 11 is 5.94. The van der Waals surface area contributed by atoms with Gasteiger partial charge < -0.3 is 15.7 Å². The normalized spacial score (nSPS) is 12.9. The number of phenols is 1. The summed E-state index contributed by atoms with van der Waals surface area (Å²) < 4.78 is 0. The molecule has 1 aliphatic heterocycles. The van der Waals surface area contributed by atoms with Gasteiger partial charge >= 0.3 is 0 Å². The van der Waals surface area contributed by atoms with Crippen LogP contribution in [0, 0.1) is 0 Å². The van der Waals surface area contributed by atoms with Gasteiger partial charge in [0.15, 0.2) is 0 Å². The predicted octanol–water partition coefficient (Wildman–Crippen LogP) is 3.80. The summed E-state index contributed by atoms with van der Waals surface area (Å²) in [5.41, 5.74) is 3.74. The molecule has 1 heterocycles. The molecule has 23 heavy (non-hydrogen) atoms. The molecule has 0 saturated carbocycles. The fraction of sp³-hybridized carbons (Fsp3) is 0.167. The van der Waals surface area contributed by atoms with Crippen LogP contribution >= 0.6 is 11.6 Å². The van der Waals surface area contributed by atoms with Crippen LogP contribution in [0.4, 0.5) is 5.69 Å². The zero-order valence-corrected chi connectivity index (χ0v) is 13.3. The van der Waals surface area contributed by atoms with E-state index in [1.54, 1.807) is 18.2 Å². The van der Waals surface area contributed by atoms with Crippen LogP contribution in [-0.4, -0.2) is 17.6 Å². The second-order valence-corrected chi connectivity index (χ2v) is 5.90. The summed E-state index contributed by atoms with van der Waals surface area (Å²) in [6.45, 7) is 4.52. The van der Waals surface area contributed by atoms with Crippen LogP contribution in [0.5, 0.6) is 5.75 Å². The number of amides is 1. The minimum Gasteiger partial charge on any atom is -0.508 e. The Hall–Kier alpha value is -2.46. The molecular weight excluding hydrogens is 312 g/mol. The molecule has 1 amide bonds. The van der Waals surface area contributed by atoms with Crippen molar-refractivity contribution in [2.45, 2.75) is 12.8 Å². The molecule has 3 rings (SSSR count). The van der Waals surface area contributed by atoms with Gasteiger partial charge in [0, 0.05) is 28.5 Å². The van der Waals surface area contributed by atoms with E-state index in [1.807, 2.05) is 18.2 Å². The number of carbonyl (C=O) groups is 1. The molecule has 1 aliphatic rings. The molecule has 0 fully saturated rings. The lowest BCUT2D eigenvalue weighted by molar-refractivity contribution is 0.0982. The maximum absolute atomic E-state index is 12.0. The summed E-state index contributed by atoms with van der Waals surface area (Å²) in [7, 11) is 0. The minimum atomic E-state index is -0.124. The number of carbonyl (C=O) groups excluding carboxylic acids is 1. The van der Waals surface area contributed by atoms with Crippen LogP contribution in [0.25, 0.3) is 5.70 Å². The Morgan fingerprint density at radius 2 is 2.09 bits per heavy atom. The maximum Gasteiger partial charge on any atom is 0.258 e. The maximum atomic E-state index is 12.0. The SMILES string of the molecule is C=C1NC(=O)c2c(NCCCc3cc(Cl)ccc3O)cccc21. The Kier molecular flexibility index (Phi) is 4.26.